The molecule has 33 heavy (non-hydrogen) atoms. The number of carbonyl (C=O) groups excluding carboxylic acids is 2. The van der Waals surface area contributed by atoms with Crippen LogP contribution in [0.25, 0.3) is 0 Å². The van der Waals surface area contributed by atoms with E-state index in [9.17, 15) is 18.0 Å². The van der Waals surface area contributed by atoms with E-state index in [1.165, 1.54) is 35.0 Å². The van der Waals surface area contributed by atoms with Gasteiger partial charge in [-0.3, -0.25) is 4.79 Å². The van der Waals surface area contributed by atoms with Crippen LogP contribution in [-0.2, 0) is 19.5 Å². The van der Waals surface area contributed by atoms with Crippen LogP contribution in [0.1, 0.15) is 27.1 Å². The molecule has 2 saturated heterocycles. The lowest BCUT2D eigenvalue weighted by Crippen LogP contribution is -2.41. The number of hydrogen-bond acceptors (Lipinski definition) is 9. The lowest BCUT2D eigenvalue weighted by atomic mass is 10.2. The van der Waals surface area contributed by atoms with Crippen molar-refractivity contribution in [1.29, 1.82) is 0 Å². The van der Waals surface area contributed by atoms with Gasteiger partial charge in [0.05, 0.1) is 31.5 Å². The van der Waals surface area contributed by atoms with Crippen LogP contribution in [-0.4, -0.2) is 94.1 Å². The molecule has 10 nitrogen and oxygen atoms in total. The summed E-state index contributed by atoms with van der Waals surface area (Å²) < 4.78 is 38.4. The molecule has 2 aliphatic rings. The number of nitrogens with zero attached hydrogens (tertiary/aromatic N) is 4. The van der Waals surface area contributed by atoms with Crippen molar-refractivity contribution in [1.82, 2.24) is 14.2 Å². The van der Waals surface area contributed by atoms with E-state index in [1.807, 2.05) is 15.7 Å². The molecule has 0 aromatic carbocycles. The number of thiophene rings is 1. The highest BCUT2D eigenvalue weighted by Gasteiger charge is 2.33. The molecule has 4 heterocycles. The molecule has 0 bridgehead atoms. The highest BCUT2D eigenvalue weighted by molar-refractivity contribution is 7.89. The van der Waals surface area contributed by atoms with Crippen molar-refractivity contribution in [3.63, 3.8) is 0 Å². The number of rotatable bonds is 5. The zero-order valence-corrected chi connectivity index (χ0v) is 19.9. The van der Waals surface area contributed by atoms with E-state index in [1.54, 1.807) is 11.0 Å². The number of ether oxygens (including phenoxy) is 2. The number of sulfonamides is 1. The van der Waals surface area contributed by atoms with Gasteiger partial charge < -0.3 is 19.3 Å². The number of pyridine rings is 1. The predicted octanol–water partition coefficient (Wildman–Crippen LogP) is 1.30. The molecule has 0 aliphatic carbocycles. The zero-order valence-electron chi connectivity index (χ0n) is 18.3. The molecule has 178 valence electrons. The summed E-state index contributed by atoms with van der Waals surface area (Å²) in [6.45, 7) is 3.03. The summed E-state index contributed by atoms with van der Waals surface area (Å²) in [4.78, 5) is 32.9. The largest absolute Gasteiger partial charge is 0.465 e. The van der Waals surface area contributed by atoms with Crippen molar-refractivity contribution in [2.75, 3.05) is 64.5 Å². The maximum atomic E-state index is 13.5. The maximum Gasteiger partial charge on any atom is 0.339 e. The van der Waals surface area contributed by atoms with Crippen LogP contribution >= 0.6 is 11.3 Å². The molecule has 0 unspecified atom stereocenters. The zero-order chi connectivity index (χ0) is 23.4. The molecular weight excluding hydrogens is 468 g/mol. The Bertz CT molecular complexity index is 1100. The number of anilines is 1. The molecule has 1 amide bonds. The molecule has 0 N–H and O–H groups in total. The number of esters is 1. The van der Waals surface area contributed by atoms with E-state index in [4.69, 9.17) is 9.47 Å². The number of methoxy groups -OCH3 is 1. The first kappa shape index (κ1) is 23.6. The van der Waals surface area contributed by atoms with Gasteiger partial charge in [0.15, 0.2) is 0 Å². The van der Waals surface area contributed by atoms with E-state index in [2.05, 4.69) is 4.98 Å². The summed E-state index contributed by atoms with van der Waals surface area (Å²) in [5, 5.41) is 3.69. The second-order valence-electron chi connectivity index (χ2n) is 7.70. The fourth-order valence-corrected chi connectivity index (χ4v) is 6.15. The van der Waals surface area contributed by atoms with Crippen molar-refractivity contribution < 1.29 is 27.5 Å². The van der Waals surface area contributed by atoms with Crippen LogP contribution in [0.2, 0.25) is 0 Å². The van der Waals surface area contributed by atoms with Crippen LogP contribution in [0.4, 0.5) is 5.82 Å². The Labute approximate surface area is 196 Å². The summed E-state index contributed by atoms with van der Waals surface area (Å²) in [5.74, 6) is -0.414. The summed E-state index contributed by atoms with van der Waals surface area (Å²) >= 11 is 1.47. The average Bonchev–Trinajstić information content (AvgIpc) is 3.28. The molecular formula is C21H26N4O6S2. The molecule has 2 aliphatic heterocycles. The minimum Gasteiger partial charge on any atom is -0.465 e. The summed E-state index contributed by atoms with van der Waals surface area (Å²) in [6.07, 6.45) is 1.99. The van der Waals surface area contributed by atoms with Gasteiger partial charge in [0.25, 0.3) is 5.91 Å². The van der Waals surface area contributed by atoms with Crippen molar-refractivity contribution in [2.45, 2.75) is 11.3 Å². The van der Waals surface area contributed by atoms with Crippen molar-refractivity contribution in [3.05, 3.63) is 40.2 Å². The van der Waals surface area contributed by atoms with Gasteiger partial charge in [-0.1, -0.05) is 0 Å². The van der Waals surface area contributed by atoms with Crippen molar-refractivity contribution in [3.8, 4) is 0 Å². The van der Waals surface area contributed by atoms with Crippen LogP contribution < -0.4 is 4.90 Å². The third-order valence-electron chi connectivity index (χ3n) is 5.69. The number of carbonyl (C=O) groups is 2. The van der Waals surface area contributed by atoms with Gasteiger partial charge in [-0.05, 0) is 23.9 Å². The van der Waals surface area contributed by atoms with Gasteiger partial charge >= 0.3 is 5.97 Å². The number of amides is 1. The minimum absolute atomic E-state index is 0.0340. The molecule has 0 spiro atoms. The van der Waals surface area contributed by atoms with Crippen LogP contribution in [0.3, 0.4) is 0 Å². The number of aromatic nitrogens is 1. The van der Waals surface area contributed by atoms with Crippen molar-refractivity contribution >= 4 is 39.1 Å². The molecule has 2 fully saturated rings. The Balaban J connectivity index is 1.63. The van der Waals surface area contributed by atoms with Crippen molar-refractivity contribution in [2.24, 2.45) is 0 Å². The standard InChI is InChI=1S/C21H26N4O6S2/c1-30-21(27)17-13-18(33(28,29)25-8-10-31-11-9-25)19(22-14-17)23-4-2-5-24(7-6-23)20(26)16-3-12-32-15-16/h3,12-15H,2,4-11H2,1H3. The summed E-state index contributed by atoms with van der Waals surface area (Å²) in [6, 6.07) is 3.13. The first-order valence-electron chi connectivity index (χ1n) is 10.6. The molecule has 0 saturated carbocycles. The SMILES string of the molecule is COC(=O)c1cnc(N2CCCN(C(=O)c3ccsc3)CC2)c(S(=O)(=O)N2CCOCC2)c1. The van der Waals surface area contributed by atoms with Gasteiger partial charge in [-0.15, -0.1) is 0 Å². The Morgan fingerprint density at radius 2 is 1.88 bits per heavy atom. The smallest absolute Gasteiger partial charge is 0.339 e. The summed E-state index contributed by atoms with van der Waals surface area (Å²) in [7, 11) is -2.68. The predicted molar refractivity (Wildman–Crippen MR) is 122 cm³/mol. The Hall–Kier alpha value is -2.54. The fourth-order valence-electron chi connectivity index (χ4n) is 3.92. The van der Waals surface area contributed by atoms with E-state index >= 15 is 0 Å². The third-order valence-corrected chi connectivity index (χ3v) is 8.28. The van der Waals surface area contributed by atoms with Gasteiger partial charge in [-0.25, -0.2) is 18.2 Å². The highest BCUT2D eigenvalue weighted by Crippen LogP contribution is 2.29. The average molecular weight is 495 g/mol. The molecule has 0 radical (unpaired) electrons. The van der Waals surface area contributed by atoms with E-state index in [0.29, 0.717) is 51.4 Å². The minimum atomic E-state index is -3.92. The van der Waals surface area contributed by atoms with Crippen LogP contribution in [0.15, 0.2) is 34.0 Å². The third kappa shape index (κ3) is 5.03. The first-order valence-corrected chi connectivity index (χ1v) is 13.0. The Morgan fingerprint density at radius 1 is 1.09 bits per heavy atom. The quantitative estimate of drug-likeness (QED) is 0.573. The molecule has 12 heteroatoms. The second kappa shape index (κ2) is 10.2. The number of hydrogen-bond donors (Lipinski definition) is 0. The molecule has 0 atom stereocenters. The van der Waals surface area contributed by atoms with Gasteiger partial charge in [0.1, 0.15) is 10.7 Å². The maximum absolute atomic E-state index is 13.5. The topological polar surface area (TPSA) is 109 Å². The highest BCUT2D eigenvalue weighted by atomic mass is 32.2. The Kier molecular flexibility index (Phi) is 7.27. The first-order chi connectivity index (χ1) is 15.9. The summed E-state index contributed by atoms with van der Waals surface area (Å²) in [5.41, 5.74) is 0.724. The number of morpholine rings is 1. The molecule has 2 aromatic heterocycles. The van der Waals surface area contributed by atoms with Crippen LogP contribution in [0, 0.1) is 0 Å². The van der Waals surface area contributed by atoms with Gasteiger partial charge in [-0.2, -0.15) is 15.6 Å². The van der Waals surface area contributed by atoms with Crippen LogP contribution in [0.5, 0.6) is 0 Å². The van der Waals surface area contributed by atoms with E-state index in [-0.39, 0.29) is 35.3 Å². The Morgan fingerprint density at radius 3 is 2.58 bits per heavy atom. The molecule has 4 rings (SSSR count). The van der Waals surface area contributed by atoms with E-state index < -0.39 is 16.0 Å². The molecule has 2 aromatic rings. The monoisotopic (exact) mass is 494 g/mol. The second-order valence-corrected chi connectivity index (χ2v) is 10.4. The lowest BCUT2D eigenvalue weighted by molar-refractivity contribution is 0.0599. The normalized spacial score (nSPS) is 18.1. The lowest BCUT2D eigenvalue weighted by Gasteiger charge is -2.29. The van der Waals surface area contributed by atoms with Gasteiger partial charge in [0.2, 0.25) is 10.0 Å². The fraction of sp³-hybridized carbons (Fsp3) is 0.476. The van der Waals surface area contributed by atoms with E-state index in [0.717, 1.165) is 0 Å². The van der Waals surface area contributed by atoms with Gasteiger partial charge in [0, 0.05) is 50.8 Å².